The number of carbonyl (C=O) groups is 2. The van der Waals surface area contributed by atoms with E-state index in [0.717, 1.165) is 4.31 Å². The quantitative estimate of drug-likeness (QED) is 0.154. The Morgan fingerprint density at radius 2 is 1.57 bits per heavy atom. The summed E-state index contributed by atoms with van der Waals surface area (Å²) < 4.78 is 28.2. The zero-order valence-electron chi connectivity index (χ0n) is 24.0. The summed E-state index contributed by atoms with van der Waals surface area (Å²) in [6.45, 7) is -0.391. The van der Waals surface area contributed by atoms with Crippen LogP contribution in [0.4, 0.5) is 22.7 Å². The number of non-ortho nitro benzene ring substituents is 1. The first-order valence-electron chi connectivity index (χ1n) is 13.6. The highest BCUT2D eigenvalue weighted by Gasteiger charge is 2.36. The number of likely N-dealkylation sites (N-methyl/N-ethyl adjacent to an activating group) is 1. The van der Waals surface area contributed by atoms with Gasteiger partial charge in [-0.25, -0.2) is 8.42 Å². The number of nitro benzene ring substituents is 1. The van der Waals surface area contributed by atoms with Gasteiger partial charge in [-0.3, -0.25) is 29.0 Å². The number of carbonyl (C=O) groups excluding carboxylic acids is 2. The van der Waals surface area contributed by atoms with E-state index in [0.29, 0.717) is 33.8 Å². The van der Waals surface area contributed by atoms with E-state index in [1.165, 1.54) is 23.1 Å². The van der Waals surface area contributed by atoms with Crippen molar-refractivity contribution in [3.05, 3.63) is 130 Å². The normalized spacial score (nSPS) is 14.5. The van der Waals surface area contributed by atoms with Gasteiger partial charge in [0.25, 0.3) is 5.69 Å². The molecule has 224 valence electrons. The number of rotatable bonds is 10. The zero-order valence-corrected chi connectivity index (χ0v) is 24.8. The zero-order chi connectivity index (χ0) is 31.4. The van der Waals surface area contributed by atoms with E-state index in [-0.39, 0.29) is 23.0 Å². The highest BCUT2D eigenvalue weighted by atomic mass is 32.2. The molecule has 0 saturated carbocycles. The number of sulfonamides is 1. The summed E-state index contributed by atoms with van der Waals surface area (Å²) >= 11 is 0. The van der Waals surface area contributed by atoms with E-state index in [1.54, 1.807) is 93.0 Å². The highest BCUT2D eigenvalue weighted by Crippen LogP contribution is 2.38. The number of nitro groups is 1. The van der Waals surface area contributed by atoms with E-state index >= 15 is 0 Å². The molecule has 1 N–H and O–H groups in total. The van der Waals surface area contributed by atoms with Crippen LogP contribution in [0.3, 0.4) is 0 Å². The van der Waals surface area contributed by atoms with Crippen LogP contribution in [0.15, 0.2) is 108 Å². The third kappa shape index (κ3) is 6.50. The monoisotopic (exact) mass is 611 g/mol. The summed E-state index contributed by atoms with van der Waals surface area (Å²) in [6.07, 6.45) is 0. The molecule has 1 atom stereocenters. The summed E-state index contributed by atoms with van der Waals surface area (Å²) in [6, 6.07) is 28.2. The Bertz CT molecular complexity index is 1840. The molecule has 44 heavy (non-hydrogen) atoms. The molecule has 1 aliphatic rings. The maximum atomic E-state index is 13.5. The molecule has 0 fully saturated rings. The first kappa shape index (κ1) is 30.1. The summed E-state index contributed by atoms with van der Waals surface area (Å²) in [5, 5.41) is 14.3. The molecule has 0 aliphatic carbocycles. The van der Waals surface area contributed by atoms with Gasteiger partial charge in [-0.1, -0.05) is 60.7 Å². The maximum Gasteiger partial charge on any atom is 0.269 e. The molecule has 4 aromatic carbocycles. The fraction of sp³-hybridized carbons (Fsp3) is 0.156. The minimum absolute atomic E-state index is 0.147. The van der Waals surface area contributed by atoms with Gasteiger partial charge in [0.05, 0.1) is 27.8 Å². The van der Waals surface area contributed by atoms with Crippen LogP contribution in [0.5, 0.6) is 0 Å². The molecule has 0 aromatic heterocycles. The van der Waals surface area contributed by atoms with Crippen molar-refractivity contribution in [2.75, 3.05) is 30.3 Å². The highest BCUT2D eigenvalue weighted by molar-refractivity contribution is 7.92. The third-order valence-corrected chi connectivity index (χ3v) is 8.82. The molecule has 1 aliphatic heterocycles. The van der Waals surface area contributed by atoms with Crippen molar-refractivity contribution in [3.8, 4) is 0 Å². The van der Waals surface area contributed by atoms with Gasteiger partial charge in [-0.2, -0.15) is 0 Å². The van der Waals surface area contributed by atoms with Crippen LogP contribution in [-0.4, -0.2) is 56.4 Å². The summed E-state index contributed by atoms with van der Waals surface area (Å²) in [7, 11) is -0.849. The van der Waals surface area contributed by atoms with Gasteiger partial charge < -0.3 is 10.2 Å². The minimum atomic E-state index is -3.96. The standard InChI is InChI=1S/C32H29N5O6S/c1-35(2)29(38)20-36(44(42,43)21-22-9-5-3-6-10-22)25-15-13-24(14-16-25)33-31(23-11-7-4-8-12-23)30-27-19-26(37(40)41)17-18-28(27)34-32(30)39/h3-19,30H,20-21H2,1-2H3,(H,34,39). The van der Waals surface area contributed by atoms with Gasteiger partial charge in [0.15, 0.2) is 0 Å². The lowest BCUT2D eigenvalue weighted by molar-refractivity contribution is -0.384. The topological polar surface area (TPSA) is 142 Å². The minimum Gasteiger partial charge on any atom is -0.347 e. The number of amides is 2. The number of nitrogens with zero attached hydrogens (tertiary/aromatic N) is 4. The first-order chi connectivity index (χ1) is 21.0. The molecule has 4 aromatic rings. The van der Waals surface area contributed by atoms with E-state index in [9.17, 15) is 28.1 Å². The second kappa shape index (κ2) is 12.5. The Morgan fingerprint density at radius 1 is 0.932 bits per heavy atom. The number of nitrogens with one attached hydrogen (secondary N) is 1. The predicted octanol–water partition coefficient (Wildman–Crippen LogP) is 4.88. The third-order valence-electron chi connectivity index (χ3n) is 7.11. The number of hydrogen-bond acceptors (Lipinski definition) is 7. The molecule has 1 unspecified atom stereocenters. The van der Waals surface area contributed by atoms with Crippen molar-refractivity contribution in [2.24, 2.45) is 4.99 Å². The van der Waals surface area contributed by atoms with Crippen LogP contribution < -0.4 is 9.62 Å². The SMILES string of the molecule is CN(C)C(=O)CN(c1ccc(N=C(c2ccccc2)C2C(=O)Nc3ccc([N+](=O)[O-])cc32)cc1)S(=O)(=O)Cc1ccccc1. The van der Waals surface area contributed by atoms with E-state index in [4.69, 9.17) is 4.99 Å². The molecule has 0 saturated heterocycles. The lowest BCUT2D eigenvalue weighted by Gasteiger charge is -2.25. The lowest BCUT2D eigenvalue weighted by Crippen LogP contribution is -2.41. The van der Waals surface area contributed by atoms with Crippen molar-refractivity contribution in [3.63, 3.8) is 0 Å². The van der Waals surface area contributed by atoms with E-state index in [2.05, 4.69) is 5.32 Å². The summed E-state index contributed by atoms with van der Waals surface area (Å²) in [5.41, 5.74) is 3.03. The van der Waals surface area contributed by atoms with Gasteiger partial charge in [0, 0.05) is 37.5 Å². The number of fused-ring (bicyclic) bond motifs is 1. The fourth-order valence-electron chi connectivity index (χ4n) is 4.85. The fourth-order valence-corrected chi connectivity index (χ4v) is 6.37. The molecule has 0 radical (unpaired) electrons. The van der Waals surface area contributed by atoms with Crippen LogP contribution in [0.2, 0.25) is 0 Å². The predicted molar refractivity (Wildman–Crippen MR) is 169 cm³/mol. The van der Waals surface area contributed by atoms with Gasteiger partial charge in [0.1, 0.15) is 12.5 Å². The Hall–Kier alpha value is -5.36. The lowest BCUT2D eigenvalue weighted by atomic mass is 9.90. The number of benzene rings is 4. The van der Waals surface area contributed by atoms with Crippen molar-refractivity contribution < 1.29 is 22.9 Å². The van der Waals surface area contributed by atoms with Crippen molar-refractivity contribution >= 4 is 50.3 Å². The summed E-state index contributed by atoms with van der Waals surface area (Å²) in [4.78, 5) is 43.0. The number of anilines is 2. The molecular weight excluding hydrogens is 582 g/mol. The number of aliphatic imine (C=N–C) groups is 1. The van der Waals surface area contributed by atoms with Crippen LogP contribution >= 0.6 is 0 Å². The molecular formula is C32H29N5O6S. The average Bonchev–Trinajstić information content (AvgIpc) is 3.34. The molecule has 2 amide bonds. The molecule has 0 bridgehead atoms. The van der Waals surface area contributed by atoms with Gasteiger partial charge >= 0.3 is 0 Å². The molecule has 11 nitrogen and oxygen atoms in total. The van der Waals surface area contributed by atoms with Crippen LogP contribution in [0.1, 0.15) is 22.6 Å². The van der Waals surface area contributed by atoms with Crippen molar-refractivity contribution in [1.29, 1.82) is 0 Å². The second-order valence-corrected chi connectivity index (χ2v) is 12.3. The van der Waals surface area contributed by atoms with Gasteiger partial charge in [-0.05, 0) is 41.5 Å². The largest absolute Gasteiger partial charge is 0.347 e. The molecule has 5 rings (SSSR count). The van der Waals surface area contributed by atoms with Crippen molar-refractivity contribution in [2.45, 2.75) is 11.7 Å². The van der Waals surface area contributed by atoms with Gasteiger partial charge in [0.2, 0.25) is 21.8 Å². The smallest absolute Gasteiger partial charge is 0.269 e. The Balaban J connectivity index is 1.54. The first-order valence-corrected chi connectivity index (χ1v) is 15.2. The molecule has 12 heteroatoms. The molecule has 1 heterocycles. The Morgan fingerprint density at radius 3 is 2.18 bits per heavy atom. The Kier molecular flexibility index (Phi) is 8.54. The Labute approximate surface area is 254 Å². The number of hydrogen-bond donors (Lipinski definition) is 1. The van der Waals surface area contributed by atoms with Crippen LogP contribution in [0.25, 0.3) is 0 Å². The van der Waals surface area contributed by atoms with Crippen LogP contribution in [0, 0.1) is 10.1 Å². The average molecular weight is 612 g/mol. The van der Waals surface area contributed by atoms with Crippen LogP contribution in [-0.2, 0) is 25.4 Å². The van der Waals surface area contributed by atoms with Crippen molar-refractivity contribution in [1.82, 2.24) is 4.90 Å². The second-order valence-electron chi connectivity index (χ2n) is 10.4. The van der Waals surface area contributed by atoms with E-state index in [1.807, 2.05) is 6.07 Å². The maximum absolute atomic E-state index is 13.5. The van der Waals surface area contributed by atoms with Gasteiger partial charge in [-0.15, -0.1) is 0 Å². The molecule has 0 spiro atoms. The summed E-state index contributed by atoms with van der Waals surface area (Å²) in [5.74, 6) is -1.99. The van der Waals surface area contributed by atoms with E-state index < -0.39 is 33.3 Å².